The van der Waals surface area contributed by atoms with Crippen LogP contribution in [0.4, 0.5) is 0 Å². The number of amides is 1. The summed E-state index contributed by atoms with van der Waals surface area (Å²) in [6.45, 7) is 0. The minimum atomic E-state index is -0.326. The molecule has 1 amide bonds. The van der Waals surface area contributed by atoms with Gasteiger partial charge in [-0.2, -0.15) is 5.10 Å². The van der Waals surface area contributed by atoms with Crippen molar-refractivity contribution in [2.24, 2.45) is 13.0 Å². The van der Waals surface area contributed by atoms with E-state index in [-0.39, 0.29) is 35.2 Å². The first-order chi connectivity index (χ1) is 11.5. The Morgan fingerprint density at radius 3 is 2.79 bits per heavy atom. The summed E-state index contributed by atoms with van der Waals surface area (Å²) in [7, 11) is 1.51. The maximum atomic E-state index is 12.5. The molecule has 1 saturated carbocycles. The third-order valence-corrected chi connectivity index (χ3v) is 4.38. The molecule has 126 valence electrons. The fraction of sp³-hybridized carbons (Fsp3) is 0.412. The first kappa shape index (κ1) is 16.3. The molecule has 1 aliphatic rings. The molecule has 7 heteroatoms. The van der Waals surface area contributed by atoms with E-state index in [1.807, 2.05) is 18.2 Å². The van der Waals surface area contributed by atoms with Gasteiger partial charge in [0.2, 0.25) is 0 Å². The number of aromatic nitrogens is 3. The van der Waals surface area contributed by atoms with Gasteiger partial charge in [-0.05, 0) is 37.0 Å². The molecule has 24 heavy (non-hydrogen) atoms. The van der Waals surface area contributed by atoms with E-state index >= 15 is 0 Å². The molecule has 1 atom stereocenters. The van der Waals surface area contributed by atoms with Gasteiger partial charge >= 0.3 is 0 Å². The van der Waals surface area contributed by atoms with E-state index in [2.05, 4.69) is 15.4 Å². The van der Waals surface area contributed by atoms with E-state index in [0.717, 1.165) is 10.4 Å². The standard InChI is InChI=1S/C17H20N4O3/c1-21-16(23)6-5-14(20-21)17(24)19-15(11-8-13(22)9-11)10-12-4-2-3-7-18-12/h2-7,11,13,15,22H,8-10H2,1H3,(H,19,24)/t11?,13?,15-/m0/s1. The first-order valence-corrected chi connectivity index (χ1v) is 7.96. The second-order valence-electron chi connectivity index (χ2n) is 6.17. The zero-order valence-electron chi connectivity index (χ0n) is 13.4. The van der Waals surface area contributed by atoms with Gasteiger partial charge in [0.05, 0.1) is 6.10 Å². The number of pyridine rings is 1. The molecule has 1 aliphatic carbocycles. The van der Waals surface area contributed by atoms with Gasteiger partial charge in [0.15, 0.2) is 0 Å². The molecule has 2 aromatic rings. The number of nitrogens with zero attached hydrogens (tertiary/aromatic N) is 3. The summed E-state index contributed by atoms with van der Waals surface area (Å²) >= 11 is 0. The molecular formula is C17H20N4O3. The van der Waals surface area contributed by atoms with Crippen molar-refractivity contribution in [2.75, 3.05) is 0 Å². The Labute approximate surface area is 139 Å². The van der Waals surface area contributed by atoms with Crippen LogP contribution in [0, 0.1) is 5.92 Å². The molecule has 1 fully saturated rings. The average molecular weight is 328 g/mol. The number of aliphatic hydroxyl groups is 1. The molecule has 7 nitrogen and oxygen atoms in total. The fourth-order valence-corrected chi connectivity index (χ4v) is 2.90. The van der Waals surface area contributed by atoms with Crippen molar-refractivity contribution in [1.29, 1.82) is 0 Å². The van der Waals surface area contributed by atoms with E-state index in [1.165, 1.54) is 19.2 Å². The zero-order chi connectivity index (χ0) is 17.1. The number of carbonyl (C=O) groups is 1. The molecular weight excluding hydrogens is 308 g/mol. The van der Waals surface area contributed by atoms with Gasteiger partial charge in [-0.1, -0.05) is 6.07 Å². The van der Waals surface area contributed by atoms with Crippen molar-refractivity contribution in [1.82, 2.24) is 20.1 Å². The minimum absolute atomic E-state index is 0.130. The monoisotopic (exact) mass is 328 g/mol. The van der Waals surface area contributed by atoms with Gasteiger partial charge in [0.1, 0.15) is 5.69 Å². The molecule has 0 unspecified atom stereocenters. The summed E-state index contributed by atoms with van der Waals surface area (Å²) < 4.78 is 1.13. The van der Waals surface area contributed by atoms with Crippen molar-refractivity contribution in [3.63, 3.8) is 0 Å². The van der Waals surface area contributed by atoms with Gasteiger partial charge in [-0.15, -0.1) is 0 Å². The molecule has 2 aromatic heterocycles. The lowest BCUT2D eigenvalue weighted by Crippen LogP contribution is -2.48. The van der Waals surface area contributed by atoms with Gasteiger partial charge in [0, 0.05) is 37.5 Å². The van der Waals surface area contributed by atoms with Crippen molar-refractivity contribution >= 4 is 5.91 Å². The van der Waals surface area contributed by atoms with E-state index in [1.54, 1.807) is 6.20 Å². The van der Waals surface area contributed by atoms with Crippen molar-refractivity contribution in [3.05, 3.63) is 58.3 Å². The van der Waals surface area contributed by atoms with Crippen LogP contribution < -0.4 is 10.9 Å². The molecule has 2 N–H and O–H groups in total. The topological polar surface area (TPSA) is 97.1 Å². The smallest absolute Gasteiger partial charge is 0.271 e. The molecule has 3 rings (SSSR count). The summed E-state index contributed by atoms with van der Waals surface area (Å²) in [4.78, 5) is 28.2. The SMILES string of the molecule is Cn1nc(C(=O)N[C@@H](Cc2ccccn2)C2CC(O)C2)ccc1=O. The number of aliphatic hydroxyl groups excluding tert-OH is 1. The largest absolute Gasteiger partial charge is 0.393 e. The molecule has 0 spiro atoms. The van der Waals surface area contributed by atoms with Crippen LogP contribution in [-0.2, 0) is 13.5 Å². The summed E-state index contributed by atoms with van der Waals surface area (Å²) in [6, 6.07) is 8.28. The van der Waals surface area contributed by atoms with Crippen LogP contribution in [-0.4, -0.2) is 37.9 Å². The normalized spacial score (nSPS) is 20.9. The molecule has 0 radical (unpaired) electrons. The predicted octanol–water partition coefficient (Wildman–Crippen LogP) is 0.287. The Hall–Kier alpha value is -2.54. The number of hydrogen-bond acceptors (Lipinski definition) is 5. The van der Waals surface area contributed by atoms with Crippen molar-refractivity contribution < 1.29 is 9.90 Å². The molecule has 0 aliphatic heterocycles. The lowest BCUT2D eigenvalue weighted by molar-refractivity contribution is 0.0237. The van der Waals surface area contributed by atoms with Crippen LogP contribution in [0.5, 0.6) is 0 Å². The van der Waals surface area contributed by atoms with Crippen LogP contribution in [0.2, 0.25) is 0 Å². The van der Waals surface area contributed by atoms with Crippen LogP contribution in [0.25, 0.3) is 0 Å². The van der Waals surface area contributed by atoms with Crippen LogP contribution >= 0.6 is 0 Å². The highest BCUT2D eigenvalue weighted by molar-refractivity contribution is 5.92. The molecule has 0 bridgehead atoms. The minimum Gasteiger partial charge on any atom is -0.393 e. The first-order valence-electron chi connectivity index (χ1n) is 7.96. The number of carbonyl (C=O) groups excluding carboxylic acids is 1. The summed E-state index contributed by atoms with van der Waals surface area (Å²) in [6.07, 6.45) is 3.35. The van der Waals surface area contributed by atoms with E-state index in [4.69, 9.17) is 0 Å². The van der Waals surface area contributed by atoms with Gasteiger partial charge < -0.3 is 10.4 Å². The number of nitrogens with one attached hydrogen (secondary N) is 1. The highest BCUT2D eigenvalue weighted by atomic mass is 16.3. The van der Waals surface area contributed by atoms with E-state index < -0.39 is 0 Å². The maximum Gasteiger partial charge on any atom is 0.271 e. The summed E-state index contributed by atoms with van der Waals surface area (Å²) in [5.41, 5.74) is 0.819. The summed E-state index contributed by atoms with van der Waals surface area (Å²) in [5, 5.41) is 16.5. The Morgan fingerprint density at radius 2 is 2.17 bits per heavy atom. The third-order valence-electron chi connectivity index (χ3n) is 4.38. The van der Waals surface area contributed by atoms with Crippen LogP contribution in [0.1, 0.15) is 29.0 Å². The van der Waals surface area contributed by atoms with Gasteiger partial charge in [0.25, 0.3) is 11.5 Å². The van der Waals surface area contributed by atoms with Gasteiger partial charge in [-0.25, -0.2) is 4.68 Å². The molecule has 2 heterocycles. The van der Waals surface area contributed by atoms with Crippen LogP contribution in [0.3, 0.4) is 0 Å². The quantitative estimate of drug-likeness (QED) is 0.822. The Morgan fingerprint density at radius 1 is 1.38 bits per heavy atom. The average Bonchev–Trinajstić information content (AvgIpc) is 2.55. The van der Waals surface area contributed by atoms with Crippen molar-refractivity contribution in [3.8, 4) is 0 Å². The van der Waals surface area contributed by atoms with Crippen LogP contribution in [0.15, 0.2) is 41.3 Å². The van der Waals surface area contributed by atoms with E-state index in [9.17, 15) is 14.7 Å². The Kier molecular flexibility index (Phi) is 4.71. The van der Waals surface area contributed by atoms with Crippen molar-refractivity contribution in [2.45, 2.75) is 31.4 Å². The highest BCUT2D eigenvalue weighted by Crippen LogP contribution is 2.31. The maximum absolute atomic E-state index is 12.5. The number of aryl methyl sites for hydroxylation is 1. The zero-order valence-corrected chi connectivity index (χ0v) is 13.4. The van der Waals surface area contributed by atoms with Gasteiger partial charge in [-0.3, -0.25) is 14.6 Å². The second-order valence-corrected chi connectivity index (χ2v) is 6.17. The molecule has 0 saturated heterocycles. The Balaban J connectivity index is 1.74. The predicted molar refractivity (Wildman–Crippen MR) is 87.4 cm³/mol. The number of rotatable bonds is 5. The molecule has 0 aromatic carbocycles. The van der Waals surface area contributed by atoms with E-state index in [0.29, 0.717) is 19.3 Å². The lowest BCUT2D eigenvalue weighted by Gasteiger charge is -2.38. The lowest BCUT2D eigenvalue weighted by atomic mass is 9.76. The number of hydrogen-bond donors (Lipinski definition) is 2. The Bertz CT molecular complexity index is 769. The second kappa shape index (κ2) is 6.92. The summed E-state index contributed by atoms with van der Waals surface area (Å²) in [5.74, 6) is -0.119. The highest BCUT2D eigenvalue weighted by Gasteiger charge is 2.35. The third kappa shape index (κ3) is 3.68. The fourth-order valence-electron chi connectivity index (χ4n) is 2.90.